The van der Waals surface area contributed by atoms with Crippen LogP contribution in [0.15, 0.2) is 42.5 Å². The molecule has 1 heterocycles. The predicted molar refractivity (Wildman–Crippen MR) is 101 cm³/mol. The molecule has 0 unspecified atom stereocenters. The Bertz CT molecular complexity index is 740. The highest BCUT2D eigenvalue weighted by molar-refractivity contribution is 5.47. The molecule has 26 heavy (non-hydrogen) atoms. The molecule has 2 aromatic rings. The lowest BCUT2D eigenvalue weighted by atomic mass is 10.1. The summed E-state index contributed by atoms with van der Waals surface area (Å²) < 4.78 is 0. The van der Waals surface area contributed by atoms with Crippen molar-refractivity contribution >= 4 is 5.69 Å². The molecule has 0 bridgehead atoms. The largest absolute Gasteiger partial charge is 0.502 e. The summed E-state index contributed by atoms with van der Waals surface area (Å²) in [7, 11) is 0. The van der Waals surface area contributed by atoms with E-state index in [2.05, 4.69) is 34.5 Å². The number of likely N-dealkylation sites (tertiary alicyclic amines) is 1. The van der Waals surface area contributed by atoms with Gasteiger partial charge in [-0.2, -0.15) is 0 Å². The van der Waals surface area contributed by atoms with Crippen molar-refractivity contribution in [3.05, 3.63) is 69.3 Å². The SMILES string of the molecule is O=[N+]([O-])c1cc(CNCc2ccc(CN3CCCCC3)cc2)ccc1O. The number of nitro groups is 1. The van der Waals surface area contributed by atoms with Crippen LogP contribution in [0, 0.1) is 10.1 Å². The number of piperidine rings is 1. The van der Waals surface area contributed by atoms with Crippen LogP contribution in [0.2, 0.25) is 0 Å². The van der Waals surface area contributed by atoms with Crippen molar-refractivity contribution in [1.82, 2.24) is 10.2 Å². The van der Waals surface area contributed by atoms with Crippen LogP contribution in [0.3, 0.4) is 0 Å². The fraction of sp³-hybridized carbons (Fsp3) is 0.400. The van der Waals surface area contributed by atoms with Crippen molar-refractivity contribution in [2.24, 2.45) is 0 Å². The van der Waals surface area contributed by atoms with E-state index in [9.17, 15) is 15.2 Å². The molecule has 1 aliphatic heterocycles. The number of nitrogens with zero attached hydrogens (tertiary/aromatic N) is 2. The zero-order valence-electron chi connectivity index (χ0n) is 14.9. The highest BCUT2D eigenvalue weighted by Crippen LogP contribution is 2.26. The molecule has 0 aliphatic carbocycles. The third-order valence-corrected chi connectivity index (χ3v) is 4.77. The minimum atomic E-state index is -0.570. The van der Waals surface area contributed by atoms with Crippen molar-refractivity contribution in [2.75, 3.05) is 13.1 Å². The fourth-order valence-corrected chi connectivity index (χ4v) is 3.31. The molecule has 6 nitrogen and oxygen atoms in total. The van der Waals surface area contributed by atoms with Gasteiger partial charge in [0.05, 0.1) is 4.92 Å². The normalized spacial score (nSPS) is 15.1. The number of hydrogen-bond donors (Lipinski definition) is 2. The Morgan fingerprint density at radius 3 is 2.27 bits per heavy atom. The Balaban J connectivity index is 1.49. The van der Waals surface area contributed by atoms with Crippen LogP contribution >= 0.6 is 0 Å². The number of nitrogens with one attached hydrogen (secondary N) is 1. The maximum atomic E-state index is 10.9. The number of nitro benzene ring substituents is 1. The number of aromatic hydroxyl groups is 1. The van der Waals surface area contributed by atoms with Crippen molar-refractivity contribution in [1.29, 1.82) is 0 Å². The minimum absolute atomic E-state index is 0.258. The second-order valence-electron chi connectivity index (χ2n) is 6.84. The molecular formula is C20H25N3O3. The molecule has 0 spiro atoms. The van der Waals surface area contributed by atoms with Crippen molar-refractivity contribution < 1.29 is 10.0 Å². The van der Waals surface area contributed by atoms with Crippen LogP contribution in [0.4, 0.5) is 5.69 Å². The number of phenols is 1. The van der Waals surface area contributed by atoms with E-state index in [-0.39, 0.29) is 11.4 Å². The van der Waals surface area contributed by atoms with Gasteiger partial charge in [-0.1, -0.05) is 36.8 Å². The van der Waals surface area contributed by atoms with Gasteiger partial charge < -0.3 is 10.4 Å². The molecule has 0 aromatic heterocycles. The van der Waals surface area contributed by atoms with E-state index >= 15 is 0 Å². The van der Waals surface area contributed by atoms with Gasteiger partial charge >= 0.3 is 5.69 Å². The summed E-state index contributed by atoms with van der Waals surface area (Å²) in [6, 6.07) is 13.1. The number of phenolic OH excluding ortho intramolecular Hbond substituents is 1. The summed E-state index contributed by atoms with van der Waals surface area (Å²) >= 11 is 0. The van der Waals surface area contributed by atoms with Gasteiger partial charge in [0, 0.05) is 25.7 Å². The summed E-state index contributed by atoms with van der Waals surface area (Å²) in [5, 5.41) is 23.6. The lowest BCUT2D eigenvalue weighted by Crippen LogP contribution is -2.29. The zero-order valence-corrected chi connectivity index (χ0v) is 14.9. The van der Waals surface area contributed by atoms with E-state index in [0.29, 0.717) is 13.1 Å². The van der Waals surface area contributed by atoms with Crippen LogP contribution in [0.25, 0.3) is 0 Å². The van der Waals surface area contributed by atoms with Crippen molar-refractivity contribution in [3.63, 3.8) is 0 Å². The Hall–Kier alpha value is -2.44. The van der Waals surface area contributed by atoms with E-state index in [1.807, 2.05) is 0 Å². The van der Waals surface area contributed by atoms with Crippen LogP contribution < -0.4 is 5.32 Å². The second-order valence-corrected chi connectivity index (χ2v) is 6.84. The van der Waals surface area contributed by atoms with Gasteiger partial charge in [0.15, 0.2) is 5.75 Å². The molecule has 2 aromatic carbocycles. The third-order valence-electron chi connectivity index (χ3n) is 4.77. The molecule has 0 amide bonds. The van der Waals surface area contributed by atoms with Gasteiger partial charge in [-0.3, -0.25) is 15.0 Å². The first kappa shape index (κ1) is 18.4. The number of hydrogen-bond acceptors (Lipinski definition) is 5. The van der Waals surface area contributed by atoms with Gasteiger partial charge in [-0.25, -0.2) is 0 Å². The quantitative estimate of drug-likeness (QED) is 0.586. The Kier molecular flexibility index (Phi) is 6.20. The molecule has 0 radical (unpaired) electrons. The smallest absolute Gasteiger partial charge is 0.311 e. The second kappa shape index (κ2) is 8.78. The van der Waals surface area contributed by atoms with Gasteiger partial charge in [0.25, 0.3) is 0 Å². The monoisotopic (exact) mass is 355 g/mol. The van der Waals surface area contributed by atoms with E-state index < -0.39 is 4.92 Å². The average molecular weight is 355 g/mol. The highest BCUT2D eigenvalue weighted by Gasteiger charge is 2.13. The molecular weight excluding hydrogens is 330 g/mol. The third kappa shape index (κ3) is 5.03. The van der Waals surface area contributed by atoms with Crippen LogP contribution in [-0.4, -0.2) is 28.0 Å². The topological polar surface area (TPSA) is 78.6 Å². The first-order valence-corrected chi connectivity index (χ1v) is 9.09. The molecule has 0 atom stereocenters. The summed E-state index contributed by atoms with van der Waals surface area (Å²) in [5.41, 5.74) is 3.04. The Labute approximate surface area is 153 Å². The van der Waals surface area contributed by atoms with E-state index in [1.165, 1.54) is 55.6 Å². The highest BCUT2D eigenvalue weighted by atomic mass is 16.6. The first-order valence-electron chi connectivity index (χ1n) is 9.09. The summed E-state index contributed by atoms with van der Waals surface area (Å²) in [5.74, 6) is -0.303. The maximum absolute atomic E-state index is 10.9. The Morgan fingerprint density at radius 2 is 1.58 bits per heavy atom. The van der Waals surface area contributed by atoms with E-state index in [4.69, 9.17) is 0 Å². The maximum Gasteiger partial charge on any atom is 0.311 e. The van der Waals surface area contributed by atoms with Gasteiger partial charge in [0.1, 0.15) is 0 Å². The molecule has 0 saturated carbocycles. The molecule has 6 heteroatoms. The Morgan fingerprint density at radius 1 is 0.962 bits per heavy atom. The molecule has 138 valence electrons. The first-order chi connectivity index (χ1) is 12.6. The average Bonchev–Trinajstić information content (AvgIpc) is 2.65. The molecule has 3 rings (SSSR count). The lowest BCUT2D eigenvalue weighted by molar-refractivity contribution is -0.385. The summed E-state index contributed by atoms with van der Waals surface area (Å²) in [6.07, 6.45) is 3.96. The van der Waals surface area contributed by atoms with Gasteiger partial charge in [0.2, 0.25) is 0 Å². The van der Waals surface area contributed by atoms with Crippen LogP contribution in [-0.2, 0) is 19.6 Å². The summed E-state index contributed by atoms with van der Waals surface area (Å²) in [4.78, 5) is 12.8. The van der Waals surface area contributed by atoms with E-state index in [0.717, 1.165) is 12.1 Å². The van der Waals surface area contributed by atoms with Crippen LogP contribution in [0.1, 0.15) is 36.0 Å². The predicted octanol–water partition coefficient (Wildman–Crippen LogP) is 3.58. The number of benzene rings is 2. The molecule has 1 saturated heterocycles. The summed E-state index contributed by atoms with van der Waals surface area (Å²) in [6.45, 7) is 4.62. The molecule has 1 aliphatic rings. The standard InChI is InChI=1S/C20H25N3O3/c24-20-9-8-18(12-19(20)23(25)26)14-21-13-16-4-6-17(7-5-16)15-22-10-2-1-3-11-22/h4-9,12,21,24H,1-3,10-11,13-15H2. The molecule has 2 N–H and O–H groups in total. The minimum Gasteiger partial charge on any atom is -0.502 e. The lowest BCUT2D eigenvalue weighted by Gasteiger charge is -2.26. The van der Waals surface area contributed by atoms with E-state index in [1.54, 1.807) is 6.07 Å². The fourth-order valence-electron chi connectivity index (χ4n) is 3.31. The van der Waals surface area contributed by atoms with Gasteiger partial charge in [-0.15, -0.1) is 0 Å². The number of rotatable bonds is 7. The molecule has 1 fully saturated rings. The van der Waals surface area contributed by atoms with Crippen molar-refractivity contribution in [2.45, 2.75) is 38.9 Å². The van der Waals surface area contributed by atoms with Crippen LogP contribution in [0.5, 0.6) is 5.75 Å². The zero-order chi connectivity index (χ0) is 18.4. The van der Waals surface area contributed by atoms with Crippen molar-refractivity contribution in [3.8, 4) is 5.75 Å². The van der Waals surface area contributed by atoms with Gasteiger partial charge in [-0.05, 0) is 48.7 Å².